The van der Waals surface area contributed by atoms with E-state index in [0.717, 1.165) is 41.2 Å². The number of piperidine rings is 1. The van der Waals surface area contributed by atoms with Gasteiger partial charge in [-0.05, 0) is 44.4 Å². The van der Waals surface area contributed by atoms with Crippen molar-refractivity contribution in [3.8, 4) is 0 Å². The van der Waals surface area contributed by atoms with Crippen LogP contribution in [-0.2, 0) is 6.54 Å². The van der Waals surface area contributed by atoms with Crippen molar-refractivity contribution >= 4 is 29.0 Å². The first-order chi connectivity index (χ1) is 15.5. The lowest BCUT2D eigenvalue weighted by atomic mass is 9.99. The number of urea groups is 1. The van der Waals surface area contributed by atoms with E-state index in [2.05, 4.69) is 20.8 Å². The van der Waals surface area contributed by atoms with E-state index in [0.29, 0.717) is 18.1 Å². The van der Waals surface area contributed by atoms with Gasteiger partial charge in [-0.2, -0.15) is 0 Å². The number of hydrogen-bond acceptors (Lipinski definition) is 5. The van der Waals surface area contributed by atoms with Crippen LogP contribution in [-0.4, -0.2) is 40.1 Å². The molecule has 1 aliphatic rings. The van der Waals surface area contributed by atoms with Crippen molar-refractivity contribution in [2.75, 3.05) is 18.4 Å². The normalized spacial score (nSPS) is 15.9. The zero-order chi connectivity index (χ0) is 22.5. The Kier molecular flexibility index (Phi) is 6.80. The Morgan fingerprint density at radius 1 is 1.03 bits per heavy atom. The minimum Gasteiger partial charge on any atom is -0.334 e. The van der Waals surface area contributed by atoms with Gasteiger partial charge >= 0.3 is 6.03 Å². The van der Waals surface area contributed by atoms with Gasteiger partial charge < -0.3 is 15.5 Å². The van der Waals surface area contributed by atoms with Gasteiger partial charge in [0.05, 0.1) is 0 Å². The summed E-state index contributed by atoms with van der Waals surface area (Å²) >= 11 is 1.30. The second kappa shape index (κ2) is 9.91. The fraction of sp³-hybridized carbons (Fsp3) is 0.333. The molecule has 0 saturated carbocycles. The van der Waals surface area contributed by atoms with Gasteiger partial charge in [0.2, 0.25) is 5.01 Å². The monoisotopic (exact) mass is 449 g/mol. The lowest BCUT2D eigenvalue weighted by Crippen LogP contribution is -2.44. The highest BCUT2D eigenvalue weighted by molar-refractivity contribution is 7.13. The molecule has 0 bridgehead atoms. The number of carbonyl (C=O) groups excluding carboxylic acids is 2. The van der Waals surface area contributed by atoms with Crippen LogP contribution in [0.3, 0.4) is 0 Å². The summed E-state index contributed by atoms with van der Waals surface area (Å²) in [6, 6.07) is 15.7. The van der Waals surface area contributed by atoms with E-state index in [1.807, 2.05) is 67.3 Å². The quantitative estimate of drug-likeness (QED) is 0.601. The van der Waals surface area contributed by atoms with Gasteiger partial charge in [0, 0.05) is 31.2 Å². The summed E-state index contributed by atoms with van der Waals surface area (Å²) in [6.45, 7) is 5.84. The zero-order valence-corrected chi connectivity index (χ0v) is 19.1. The van der Waals surface area contributed by atoms with Crippen LogP contribution in [0.15, 0.2) is 48.5 Å². The van der Waals surface area contributed by atoms with Gasteiger partial charge in [-0.15, -0.1) is 10.2 Å². The molecule has 1 aliphatic heterocycles. The molecule has 0 spiro atoms. The Morgan fingerprint density at radius 2 is 1.72 bits per heavy atom. The average Bonchev–Trinajstić information content (AvgIpc) is 3.31. The summed E-state index contributed by atoms with van der Waals surface area (Å²) < 4.78 is 0. The summed E-state index contributed by atoms with van der Waals surface area (Å²) in [4.78, 5) is 27.0. The van der Waals surface area contributed by atoms with Crippen LogP contribution < -0.4 is 10.6 Å². The van der Waals surface area contributed by atoms with Gasteiger partial charge in [-0.1, -0.05) is 58.9 Å². The number of aromatic nitrogens is 2. The molecule has 166 valence electrons. The average molecular weight is 450 g/mol. The zero-order valence-electron chi connectivity index (χ0n) is 18.3. The van der Waals surface area contributed by atoms with Gasteiger partial charge in [0.15, 0.2) is 0 Å². The number of nitrogens with zero attached hydrogens (tertiary/aromatic N) is 3. The predicted molar refractivity (Wildman–Crippen MR) is 126 cm³/mol. The Labute approximate surface area is 191 Å². The van der Waals surface area contributed by atoms with Crippen LogP contribution in [0, 0.1) is 13.8 Å². The minimum absolute atomic E-state index is 0.0721. The maximum Gasteiger partial charge on any atom is 0.317 e. The van der Waals surface area contributed by atoms with E-state index >= 15 is 0 Å². The van der Waals surface area contributed by atoms with Crippen molar-refractivity contribution in [2.24, 2.45) is 0 Å². The smallest absolute Gasteiger partial charge is 0.317 e. The molecule has 2 heterocycles. The fourth-order valence-electron chi connectivity index (χ4n) is 3.67. The van der Waals surface area contributed by atoms with E-state index in [-0.39, 0.29) is 17.9 Å². The molecule has 2 N–H and O–H groups in total. The van der Waals surface area contributed by atoms with E-state index < -0.39 is 0 Å². The molecule has 1 fully saturated rings. The first-order valence-electron chi connectivity index (χ1n) is 10.8. The van der Waals surface area contributed by atoms with E-state index in [1.54, 1.807) is 0 Å². The van der Waals surface area contributed by atoms with Gasteiger partial charge in [-0.3, -0.25) is 4.79 Å². The number of nitrogens with one attached hydrogen (secondary N) is 2. The maximum absolute atomic E-state index is 12.7. The first-order valence-corrected chi connectivity index (χ1v) is 11.6. The third-order valence-electron chi connectivity index (χ3n) is 5.57. The van der Waals surface area contributed by atoms with Crippen molar-refractivity contribution in [1.82, 2.24) is 20.4 Å². The molecule has 8 heteroatoms. The largest absolute Gasteiger partial charge is 0.334 e. The molecule has 0 aliphatic carbocycles. The van der Waals surface area contributed by atoms with Crippen molar-refractivity contribution in [3.05, 3.63) is 75.2 Å². The highest BCUT2D eigenvalue weighted by atomic mass is 32.1. The van der Waals surface area contributed by atoms with E-state index in [1.165, 1.54) is 16.9 Å². The first kappa shape index (κ1) is 22.0. The van der Waals surface area contributed by atoms with Gasteiger partial charge in [-0.25, -0.2) is 4.79 Å². The van der Waals surface area contributed by atoms with Gasteiger partial charge in [0.1, 0.15) is 5.01 Å². The number of hydrogen-bond donors (Lipinski definition) is 2. The van der Waals surface area contributed by atoms with Crippen LogP contribution in [0.1, 0.15) is 50.3 Å². The van der Waals surface area contributed by atoms with Crippen LogP contribution in [0.4, 0.5) is 10.5 Å². The number of anilines is 1. The number of rotatable bonds is 5. The topological polar surface area (TPSA) is 87.2 Å². The van der Waals surface area contributed by atoms with Gasteiger partial charge in [0.25, 0.3) is 5.91 Å². The molecule has 0 radical (unpaired) electrons. The molecule has 3 amide bonds. The van der Waals surface area contributed by atoms with Crippen molar-refractivity contribution in [1.29, 1.82) is 0 Å². The van der Waals surface area contributed by atoms with Crippen molar-refractivity contribution < 1.29 is 9.59 Å². The molecule has 2 aromatic carbocycles. The summed E-state index contributed by atoms with van der Waals surface area (Å²) in [6.07, 6.45) is 1.82. The number of amides is 3. The molecule has 1 aromatic heterocycles. The standard InChI is InChI=1S/C24H27N5O2S/c1-16-5-9-18(10-6-16)14-25-24(31)29-13-3-4-19(15-29)22-27-28-23(32-22)21(30)26-20-11-7-17(2)8-12-20/h5-12,19H,3-4,13-15H2,1-2H3,(H,25,31)(H,26,30). The van der Waals surface area contributed by atoms with Crippen LogP contribution in [0.25, 0.3) is 0 Å². The summed E-state index contributed by atoms with van der Waals surface area (Å²) in [5.74, 6) is -0.173. The molecule has 32 heavy (non-hydrogen) atoms. The lowest BCUT2D eigenvalue weighted by molar-refractivity contribution is 0.102. The molecular weight excluding hydrogens is 422 g/mol. The summed E-state index contributed by atoms with van der Waals surface area (Å²) in [5.41, 5.74) is 4.13. The Morgan fingerprint density at radius 3 is 2.44 bits per heavy atom. The summed E-state index contributed by atoms with van der Waals surface area (Å²) in [7, 11) is 0. The Balaban J connectivity index is 1.33. The number of aryl methyl sites for hydroxylation is 2. The SMILES string of the molecule is Cc1ccc(CNC(=O)N2CCCC(c3nnc(C(=O)Nc4ccc(C)cc4)s3)C2)cc1. The highest BCUT2D eigenvalue weighted by Gasteiger charge is 2.28. The third-order valence-corrected chi connectivity index (χ3v) is 6.65. The van der Waals surface area contributed by atoms with Crippen molar-refractivity contribution in [2.45, 2.75) is 39.2 Å². The minimum atomic E-state index is -0.263. The maximum atomic E-state index is 12.7. The van der Waals surface area contributed by atoms with Crippen LogP contribution in [0.2, 0.25) is 0 Å². The molecule has 7 nitrogen and oxygen atoms in total. The Hall–Kier alpha value is -3.26. The number of benzene rings is 2. The third kappa shape index (κ3) is 5.50. The fourth-order valence-corrected chi connectivity index (χ4v) is 4.54. The molecule has 1 unspecified atom stereocenters. The molecule has 4 rings (SSSR count). The van der Waals surface area contributed by atoms with Crippen LogP contribution in [0.5, 0.6) is 0 Å². The molecule has 1 saturated heterocycles. The summed E-state index contributed by atoms with van der Waals surface area (Å²) in [5, 5.41) is 15.4. The molecule has 1 atom stereocenters. The number of likely N-dealkylation sites (tertiary alicyclic amines) is 1. The van der Waals surface area contributed by atoms with E-state index in [9.17, 15) is 9.59 Å². The molecule has 3 aromatic rings. The van der Waals surface area contributed by atoms with E-state index in [4.69, 9.17) is 0 Å². The molecular formula is C24H27N5O2S. The number of carbonyl (C=O) groups is 2. The predicted octanol–water partition coefficient (Wildman–Crippen LogP) is 4.50. The lowest BCUT2D eigenvalue weighted by Gasteiger charge is -2.31. The van der Waals surface area contributed by atoms with Crippen molar-refractivity contribution in [3.63, 3.8) is 0 Å². The Bertz CT molecular complexity index is 1080. The van der Waals surface area contributed by atoms with Crippen LogP contribution >= 0.6 is 11.3 Å². The second-order valence-electron chi connectivity index (χ2n) is 8.20. The second-order valence-corrected chi connectivity index (χ2v) is 9.20. The highest BCUT2D eigenvalue weighted by Crippen LogP contribution is 2.29.